The Morgan fingerprint density at radius 1 is 1.16 bits per heavy atom. The molecule has 0 spiro atoms. The third-order valence-electron chi connectivity index (χ3n) is 4.26. The maximum Gasteiger partial charge on any atom is 0.339 e. The first kappa shape index (κ1) is 25.3. The summed E-state index contributed by atoms with van der Waals surface area (Å²) in [5, 5.41) is 6.98. The molecule has 2 aromatic heterocycles. The Hall–Kier alpha value is -2.96. The van der Waals surface area contributed by atoms with E-state index in [9.17, 15) is 18.0 Å². The Bertz CT molecular complexity index is 1250. The van der Waals surface area contributed by atoms with Gasteiger partial charge >= 0.3 is 5.97 Å². The van der Waals surface area contributed by atoms with Gasteiger partial charge in [0.05, 0.1) is 23.6 Å². The van der Waals surface area contributed by atoms with Crippen LogP contribution in [0.1, 0.15) is 39.5 Å². The molecule has 0 radical (unpaired) electrons. The number of hydrogen-bond acceptors (Lipinski definition) is 8. The fourth-order valence-corrected chi connectivity index (χ4v) is 3.71. The number of nitrogens with one attached hydrogen (secondary N) is 1. The van der Waals surface area contributed by atoms with Gasteiger partial charge in [-0.25, -0.2) is 23.2 Å². The first-order valence-electron chi connectivity index (χ1n) is 8.86. The lowest BCUT2D eigenvalue weighted by atomic mass is 10.2. The quantitative estimate of drug-likeness (QED) is 0.512. The van der Waals surface area contributed by atoms with Crippen LogP contribution >= 0.6 is 25.1 Å². The Kier molecular flexibility index (Phi) is 7.99. The maximum absolute atomic E-state index is 12.7. The molecular weight excluding hydrogens is 478 g/mol. The monoisotopic (exact) mass is 497 g/mol. The summed E-state index contributed by atoms with van der Waals surface area (Å²) >= 11 is 5.97. The molecule has 1 N–H and O–H groups in total. The molecule has 0 bridgehead atoms. The Morgan fingerprint density at radius 3 is 2.47 bits per heavy atom. The molecule has 0 saturated carbocycles. The minimum atomic E-state index is -3.54. The van der Waals surface area contributed by atoms with E-state index >= 15 is 0 Å². The number of hydrogen-bond donors (Lipinski definition) is 1. The number of rotatable bonds is 6. The summed E-state index contributed by atoms with van der Waals surface area (Å²) in [4.78, 5) is 32.5. The number of sulfone groups is 1. The highest BCUT2D eigenvalue weighted by Crippen LogP contribution is 2.20. The number of nitrogens with zero attached hydrogens (tertiary/aromatic N) is 4. The van der Waals surface area contributed by atoms with Crippen molar-refractivity contribution < 1.29 is 22.7 Å². The topological polar surface area (TPSA) is 133 Å². The van der Waals surface area contributed by atoms with Gasteiger partial charge in [-0.2, -0.15) is 23.3 Å². The zero-order valence-electron chi connectivity index (χ0n) is 17.2. The SMILES string of the molecule is COC(=O)c1ccc(-n2ncnc2[C@@H](C)NC(=O)c2cc(Cl)cc(S(C)(=O)=O)c2)nc1.S. The lowest BCUT2D eigenvalue weighted by molar-refractivity contribution is 0.0600. The molecule has 1 amide bonds. The number of pyridine rings is 1. The van der Waals surface area contributed by atoms with E-state index in [0.717, 1.165) is 6.26 Å². The first-order chi connectivity index (χ1) is 14.6. The molecular formula is C19H20ClN5O5S2. The molecule has 0 fully saturated rings. The van der Waals surface area contributed by atoms with Crippen molar-refractivity contribution in [3.8, 4) is 5.82 Å². The van der Waals surface area contributed by atoms with Crippen molar-refractivity contribution in [1.29, 1.82) is 0 Å². The van der Waals surface area contributed by atoms with Crippen molar-refractivity contribution >= 4 is 46.8 Å². The highest BCUT2D eigenvalue weighted by atomic mass is 35.5. The predicted octanol–water partition coefficient (Wildman–Crippen LogP) is 2.11. The molecule has 3 rings (SSSR count). The van der Waals surface area contributed by atoms with Crippen LogP contribution in [-0.4, -0.2) is 53.4 Å². The van der Waals surface area contributed by atoms with Gasteiger partial charge in [-0.05, 0) is 37.3 Å². The van der Waals surface area contributed by atoms with Crippen molar-refractivity contribution in [1.82, 2.24) is 25.1 Å². The van der Waals surface area contributed by atoms with Crippen LogP contribution in [-0.2, 0) is 14.6 Å². The van der Waals surface area contributed by atoms with E-state index in [0.29, 0.717) is 11.6 Å². The van der Waals surface area contributed by atoms with E-state index in [1.807, 2.05) is 0 Å². The molecule has 170 valence electrons. The second kappa shape index (κ2) is 10.1. The third kappa shape index (κ3) is 5.64. The van der Waals surface area contributed by atoms with E-state index in [4.69, 9.17) is 11.6 Å². The second-order valence-electron chi connectivity index (χ2n) is 6.57. The molecule has 10 nitrogen and oxygen atoms in total. The lowest BCUT2D eigenvalue weighted by Gasteiger charge is -2.15. The summed E-state index contributed by atoms with van der Waals surface area (Å²) in [5.41, 5.74) is 0.364. The third-order valence-corrected chi connectivity index (χ3v) is 5.57. The Morgan fingerprint density at radius 2 is 1.88 bits per heavy atom. The average molecular weight is 498 g/mol. The minimum Gasteiger partial charge on any atom is -0.465 e. The lowest BCUT2D eigenvalue weighted by Crippen LogP contribution is -2.29. The van der Waals surface area contributed by atoms with Crippen LogP contribution in [0.4, 0.5) is 0 Å². The van der Waals surface area contributed by atoms with Gasteiger partial charge in [0.2, 0.25) is 0 Å². The van der Waals surface area contributed by atoms with Gasteiger partial charge in [-0.15, -0.1) is 0 Å². The number of halogens is 1. The molecule has 0 aliphatic carbocycles. The fourth-order valence-electron chi connectivity index (χ4n) is 2.72. The zero-order chi connectivity index (χ0) is 22.8. The van der Waals surface area contributed by atoms with Crippen molar-refractivity contribution in [2.45, 2.75) is 17.9 Å². The highest BCUT2D eigenvalue weighted by molar-refractivity contribution is 7.90. The summed E-state index contributed by atoms with van der Waals surface area (Å²) in [5.74, 6) is -0.308. The van der Waals surface area contributed by atoms with Gasteiger partial charge in [0.15, 0.2) is 21.5 Å². The summed E-state index contributed by atoms with van der Waals surface area (Å²) in [6.07, 6.45) is 3.67. The van der Waals surface area contributed by atoms with Gasteiger partial charge < -0.3 is 10.1 Å². The zero-order valence-corrected chi connectivity index (χ0v) is 19.8. The maximum atomic E-state index is 12.7. The van der Waals surface area contributed by atoms with Crippen molar-refractivity contribution in [3.63, 3.8) is 0 Å². The van der Waals surface area contributed by atoms with Gasteiger partial charge in [-0.3, -0.25) is 4.79 Å². The summed E-state index contributed by atoms with van der Waals surface area (Å²) < 4.78 is 29.7. The second-order valence-corrected chi connectivity index (χ2v) is 9.02. The van der Waals surface area contributed by atoms with Crippen LogP contribution in [0, 0.1) is 0 Å². The smallest absolute Gasteiger partial charge is 0.339 e. The molecule has 3 aromatic rings. The van der Waals surface area contributed by atoms with Crippen LogP contribution < -0.4 is 5.32 Å². The van der Waals surface area contributed by atoms with E-state index in [1.165, 1.54) is 48.6 Å². The van der Waals surface area contributed by atoms with Crippen molar-refractivity contribution in [3.05, 3.63) is 64.8 Å². The molecule has 2 heterocycles. The average Bonchev–Trinajstić information content (AvgIpc) is 3.22. The molecule has 1 aromatic carbocycles. The standard InChI is InChI=1S/C19H18ClN5O5S.H2S/c1-11(24-18(26)13-6-14(20)8-15(7-13)31(3,28)29)17-22-10-23-25(17)16-5-4-12(9-21-16)19(27)30-2;/h4-11H,1-3H3,(H,24,26);1H2/t11-;/m1./s1. The van der Waals surface area contributed by atoms with Crippen LogP contribution in [0.2, 0.25) is 5.02 Å². The van der Waals surface area contributed by atoms with E-state index in [1.54, 1.807) is 13.0 Å². The minimum absolute atomic E-state index is 0. The van der Waals surface area contributed by atoms with Crippen molar-refractivity contribution in [2.24, 2.45) is 0 Å². The number of amides is 1. The molecule has 1 atom stereocenters. The molecule has 0 saturated heterocycles. The van der Waals surface area contributed by atoms with Gasteiger partial charge in [0.1, 0.15) is 6.33 Å². The van der Waals surface area contributed by atoms with E-state index in [2.05, 4.69) is 25.1 Å². The van der Waals surface area contributed by atoms with Crippen LogP contribution in [0.25, 0.3) is 5.82 Å². The Balaban J connectivity index is 0.00000363. The normalized spacial score (nSPS) is 11.9. The summed E-state index contributed by atoms with van der Waals surface area (Å²) in [6.45, 7) is 1.68. The molecule has 0 unspecified atom stereocenters. The number of aromatic nitrogens is 4. The van der Waals surface area contributed by atoms with E-state index < -0.39 is 27.8 Å². The largest absolute Gasteiger partial charge is 0.465 e. The molecule has 0 aliphatic heterocycles. The first-order valence-corrected chi connectivity index (χ1v) is 11.1. The van der Waals surface area contributed by atoms with Crippen LogP contribution in [0.5, 0.6) is 0 Å². The summed E-state index contributed by atoms with van der Waals surface area (Å²) in [7, 11) is -2.27. The van der Waals surface area contributed by atoms with Crippen LogP contribution in [0.3, 0.4) is 0 Å². The number of benzene rings is 1. The van der Waals surface area contributed by atoms with Gasteiger partial charge in [0.25, 0.3) is 5.91 Å². The molecule has 0 aliphatic rings. The highest BCUT2D eigenvalue weighted by Gasteiger charge is 2.20. The number of carbonyl (C=O) groups is 2. The fraction of sp³-hybridized carbons (Fsp3) is 0.211. The van der Waals surface area contributed by atoms with Gasteiger partial charge in [0, 0.05) is 23.0 Å². The number of methoxy groups -OCH3 is 1. The van der Waals surface area contributed by atoms with Gasteiger partial charge in [-0.1, -0.05) is 11.6 Å². The predicted molar refractivity (Wildman–Crippen MR) is 121 cm³/mol. The number of ether oxygens (including phenoxy) is 1. The number of esters is 1. The molecule has 32 heavy (non-hydrogen) atoms. The van der Waals surface area contributed by atoms with Crippen LogP contribution in [0.15, 0.2) is 47.8 Å². The Labute approximate surface area is 196 Å². The van der Waals surface area contributed by atoms with E-state index in [-0.39, 0.29) is 34.5 Å². The molecule has 13 heteroatoms. The van der Waals surface area contributed by atoms with Crippen molar-refractivity contribution in [2.75, 3.05) is 13.4 Å². The number of carbonyl (C=O) groups excluding carboxylic acids is 2. The summed E-state index contributed by atoms with van der Waals surface area (Å²) in [6, 6.07) is 6.38.